The zero-order valence-electron chi connectivity index (χ0n) is 9.36. The fourth-order valence-corrected chi connectivity index (χ4v) is 1.82. The van der Waals surface area contributed by atoms with Crippen LogP contribution in [0.5, 0.6) is 0 Å². The van der Waals surface area contributed by atoms with E-state index in [1.807, 2.05) is 30.3 Å². The van der Waals surface area contributed by atoms with E-state index in [0.29, 0.717) is 11.6 Å². The second-order valence-electron chi connectivity index (χ2n) is 3.80. The summed E-state index contributed by atoms with van der Waals surface area (Å²) in [4.78, 5) is 0. The normalized spacial score (nSPS) is 10.2. The van der Waals surface area contributed by atoms with Gasteiger partial charge in [0.1, 0.15) is 0 Å². The van der Waals surface area contributed by atoms with Crippen LogP contribution >= 0.6 is 11.6 Å². The monoisotopic (exact) mass is 247 g/mol. The van der Waals surface area contributed by atoms with E-state index < -0.39 is 0 Å². The van der Waals surface area contributed by atoms with Gasteiger partial charge in [0.25, 0.3) is 0 Å². The number of aliphatic hydroxyl groups excluding tert-OH is 1. The largest absolute Gasteiger partial charge is 0.392 e. The highest BCUT2D eigenvalue weighted by atomic mass is 35.5. The summed E-state index contributed by atoms with van der Waals surface area (Å²) in [6.45, 7) is 0.725. The van der Waals surface area contributed by atoms with E-state index in [9.17, 15) is 5.11 Å². The molecule has 0 atom stereocenters. The van der Waals surface area contributed by atoms with Crippen molar-refractivity contribution in [2.45, 2.75) is 13.2 Å². The Kier molecular flexibility index (Phi) is 4.02. The van der Waals surface area contributed by atoms with E-state index in [-0.39, 0.29) is 6.61 Å². The molecule has 0 saturated carbocycles. The molecule has 2 nitrogen and oxygen atoms in total. The van der Waals surface area contributed by atoms with Crippen LogP contribution in [0.25, 0.3) is 0 Å². The fraction of sp³-hybridized carbons (Fsp3) is 0.143. The molecular weight excluding hydrogens is 234 g/mol. The van der Waals surface area contributed by atoms with Crippen LogP contribution in [0.1, 0.15) is 11.1 Å². The molecule has 0 aromatic heterocycles. The van der Waals surface area contributed by atoms with E-state index >= 15 is 0 Å². The van der Waals surface area contributed by atoms with Gasteiger partial charge in [0, 0.05) is 22.8 Å². The van der Waals surface area contributed by atoms with E-state index in [4.69, 9.17) is 11.6 Å². The van der Waals surface area contributed by atoms with Crippen molar-refractivity contribution >= 4 is 17.3 Å². The van der Waals surface area contributed by atoms with Gasteiger partial charge in [0.05, 0.1) is 6.61 Å². The number of halogens is 1. The maximum Gasteiger partial charge on any atom is 0.0701 e. The van der Waals surface area contributed by atoms with Crippen LogP contribution in [-0.4, -0.2) is 5.11 Å². The van der Waals surface area contributed by atoms with Crippen molar-refractivity contribution in [2.24, 2.45) is 0 Å². The number of hydrogen-bond donors (Lipinski definition) is 2. The zero-order chi connectivity index (χ0) is 12.1. The minimum absolute atomic E-state index is 0.00823. The van der Waals surface area contributed by atoms with Crippen LogP contribution in [-0.2, 0) is 13.2 Å². The number of anilines is 1. The van der Waals surface area contributed by atoms with Gasteiger partial charge in [-0.2, -0.15) is 0 Å². The highest BCUT2D eigenvalue weighted by Crippen LogP contribution is 2.21. The molecule has 0 aliphatic carbocycles. The smallest absolute Gasteiger partial charge is 0.0701 e. The van der Waals surface area contributed by atoms with Crippen molar-refractivity contribution in [1.29, 1.82) is 0 Å². The number of benzene rings is 2. The molecule has 0 heterocycles. The first-order valence-electron chi connectivity index (χ1n) is 5.46. The molecule has 0 bridgehead atoms. The number of rotatable bonds is 4. The molecule has 0 saturated heterocycles. The lowest BCUT2D eigenvalue weighted by atomic mass is 10.1. The first kappa shape index (κ1) is 12.0. The number of aliphatic hydroxyl groups is 1. The quantitative estimate of drug-likeness (QED) is 0.868. The van der Waals surface area contributed by atoms with Crippen LogP contribution in [0.4, 0.5) is 5.69 Å². The summed E-state index contributed by atoms with van der Waals surface area (Å²) in [5.74, 6) is 0. The zero-order valence-corrected chi connectivity index (χ0v) is 10.1. The lowest BCUT2D eigenvalue weighted by Crippen LogP contribution is -2.02. The van der Waals surface area contributed by atoms with E-state index in [0.717, 1.165) is 11.3 Å². The second-order valence-corrected chi connectivity index (χ2v) is 4.24. The maximum absolute atomic E-state index is 9.22. The molecule has 17 heavy (non-hydrogen) atoms. The van der Waals surface area contributed by atoms with Crippen LogP contribution < -0.4 is 5.32 Å². The average molecular weight is 248 g/mol. The molecule has 88 valence electrons. The highest BCUT2D eigenvalue weighted by Gasteiger charge is 2.02. The summed E-state index contributed by atoms with van der Waals surface area (Å²) in [7, 11) is 0. The topological polar surface area (TPSA) is 32.3 Å². The molecule has 2 aromatic rings. The van der Waals surface area contributed by atoms with Gasteiger partial charge >= 0.3 is 0 Å². The molecule has 0 radical (unpaired) electrons. The van der Waals surface area contributed by atoms with Gasteiger partial charge in [-0.15, -0.1) is 0 Å². The lowest BCUT2D eigenvalue weighted by Gasteiger charge is -2.11. The van der Waals surface area contributed by atoms with Crippen molar-refractivity contribution in [1.82, 2.24) is 0 Å². The fourth-order valence-electron chi connectivity index (χ4n) is 1.64. The Morgan fingerprint density at radius 3 is 2.53 bits per heavy atom. The molecule has 2 N–H and O–H groups in total. The second kappa shape index (κ2) is 5.71. The van der Waals surface area contributed by atoms with Crippen LogP contribution in [0.2, 0.25) is 5.02 Å². The van der Waals surface area contributed by atoms with Gasteiger partial charge in [0.2, 0.25) is 0 Å². The number of nitrogens with one attached hydrogen (secondary N) is 1. The summed E-state index contributed by atoms with van der Waals surface area (Å²) in [6, 6.07) is 15.5. The first-order valence-corrected chi connectivity index (χ1v) is 5.84. The molecule has 0 amide bonds. The molecule has 0 aliphatic heterocycles. The average Bonchev–Trinajstić information content (AvgIpc) is 2.38. The maximum atomic E-state index is 9.22. The van der Waals surface area contributed by atoms with Crippen molar-refractivity contribution in [3.63, 3.8) is 0 Å². The van der Waals surface area contributed by atoms with Gasteiger partial charge in [-0.1, -0.05) is 48.0 Å². The Hall–Kier alpha value is -1.51. The highest BCUT2D eigenvalue weighted by molar-refractivity contribution is 6.30. The Morgan fingerprint density at radius 1 is 1.06 bits per heavy atom. The summed E-state index contributed by atoms with van der Waals surface area (Å²) >= 11 is 5.93. The van der Waals surface area contributed by atoms with Crippen molar-refractivity contribution in [2.75, 3.05) is 5.32 Å². The van der Waals surface area contributed by atoms with Gasteiger partial charge in [-0.25, -0.2) is 0 Å². The summed E-state index contributed by atoms with van der Waals surface area (Å²) < 4.78 is 0. The Balaban J connectivity index is 2.11. The molecule has 0 unspecified atom stereocenters. The van der Waals surface area contributed by atoms with Gasteiger partial charge in [-0.3, -0.25) is 0 Å². The summed E-state index contributed by atoms with van der Waals surface area (Å²) in [6.07, 6.45) is 0. The predicted octanol–water partition coefficient (Wildman–Crippen LogP) is 3.44. The van der Waals surface area contributed by atoms with Crippen LogP contribution in [0, 0.1) is 0 Å². The van der Waals surface area contributed by atoms with Crippen molar-refractivity contribution < 1.29 is 5.11 Å². The molecular formula is C14H14ClNO. The minimum atomic E-state index is 0.00823. The third-order valence-corrected chi connectivity index (χ3v) is 2.80. The summed E-state index contributed by atoms with van der Waals surface area (Å²) in [5.41, 5.74) is 2.92. The molecule has 2 rings (SSSR count). The Labute approximate surface area is 106 Å². The number of hydrogen-bond acceptors (Lipinski definition) is 2. The Morgan fingerprint density at radius 2 is 1.82 bits per heavy atom. The Bertz CT molecular complexity index is 485. The molecule has 2 aromatic carbocycles. The van der Waals surface area contributed by atoms with Gasteiger partial charge in [-0.05, 0) is 17.7 Å². The van der Waals surface area contributed by atoms with E-state index in [2.05, 4.69) is 17.4 Å². The SMILES string of the molecule is OCc1ccc(Cl)cc1NCc1ccccc1. The minimum Gasteiger partial charge on any atom is -0.392 e. The predicted molar refractivity (Wildman–Crippen MR) is 71.1 cm³/mol. The van der Waals surface area contributed by atoms with E-state index in [1.165, 1.54) is 5.56 Å². The van der Waals surface area contributed by atoms with E-state index in [1.54, 1.807) is 6.07 Å². The molecule has 0 fully saturated rings. The lowest BCUT2D eigenvalue weighted by molar-refractivity contribution is 0.282. The van der Waals surface area contributed by atoms with Crippen LogP contribution in [0.15, 0.2) is 48.5 Å². The standard InChI is InChI=1S/C14H14ClNO/c15-13-7-6-12(10-17)14(8-13)16-9-11-4-2-1-3-5-11/h1-8,16-17H,9-10H2. The molecule has 0 aliphatic rings. The third-order valence-electron chi connectivity index (χ3n) is 2.57. The van der Waals surface area contributed by atoms with Crippen LogP contribution in [0.3, 0.4) is 0 Å². The van der Waals surface area contributed by atoms with Crippen molar-refractivity contribution in [3.05, 3.63) is 64.7 Å². The molecule has 3 heteroatoms. The third kappa shape index (κ3) is 3.22. The summed E-state index contributed by atoms with van der Waals surface area (Å²) in [5, 5.41) is 13.2. The first-order chi connectivity index (χ1) is 8.29. The van der Waals surface area contributed by atoms with Crippen molar-refractivity contribution in [3.8, 4) is 0 Å². The molecule has 0 spiro atoms. The van der Waals surface area contributed by atoms with Gasteiger partial charge in [0.15, 0.2) is 0 Å². The van der Waals surface area contributed by atoms with Gasteiger partial charge < -0.3 is 10.4 Å².